The summed E-state index contributed by atoms with van der Waals surface area (Å²) in [4.78, 5) is 25.2. The largest absolute Gasteiger partial charge is 0.352 e. The summed E-state index contributed by atoms with van der Waals surface area (Å²) in [7, 11) is 0. The number of benzene rings is 2. The maximum atomic E-state index is 12.6. The van der Waals surface area contributed by atoms with Crippen molar-refractivity contribution < 1.29 is 9.59 Å². The van der Waals surface area contributed by atoms with E-state index in [4.69, 9.17) is 5.26 Å². The van der Waals surface area contributed by atoms with Crippen LogP contribution in [0.25, 0.3) is 0 Å². The normalized spacial score (nSPS) is 14.1. The minimum Gasteiger partial charge on any atom is -0.352 e. The van der Waals surface area contributed by atoms with E-state index >= 15 is 0 Å². The minimum absolute atomic E-state index is 0.155. The summed E-state index contributed by atoms with van der Waals surface area (Å²) in [6.45, 7) is 0. The third kappa shape index (κ3) is 4.93. The molecule has 0 unspecified atom stereocenters. The van der Waals surface area contributed by atoms with Crippen LogP contribution in [0.4, 0.5) is 0 Å². The molecule has 0 bridgehead atoms. The van der Waals surface area contributed by atoms with Gasteiger partial charge in [0.25, 0.3) is 5.91 Å². The Morgan fingerprint density at radius 3 is 2.50 bits per heavy atom. The van der Waals surface area contributed by atoms with E-state index in [-0.39, 0.29) is 24.3 Å². The van der Waals surface area contributed by atoms with E-state index in [1.807, 2.05) is 30.3 Å². The molecule has 0 radical (unpaired) electrons. The summed E-state index contributed by atoms with van der Waals surface area (Å²) in [6, 6.07) is 18.2. The fraction of sp³-hybridized carbons (Fsp3) is 0.286. The molecule has 0 aliphatic heterocycles. The van der Waals surface area contributed by atoms with Crippen LogP contribution in [0.2, 0.25) is 0 Å². The molecule has 5 heteroatoms. The zero-order chi connectivity index (χ0) is 18.4. The fourth-order valence-corrected chi connectivity index (χ4v) is 2.74. The van der Waals surface area contributed by atoms with Crippen molar-refractivity contribution in [3.05, 3.63) is 71.3 Å². The van der Waals surface area contributed by atoms with E-state index in [2.05, 4.69) is 16.7 Å². The number of nitriles is 1. The number of amides is 2. The number of hydrogen-bond acceptors (Lipinski definition) is 3. The molecule has 0 saturated heterocycles. The number of rotatable bonds is 7. The first-order valence-electron chi connectivity index (χ1n) is 8.77. The second-order valence-corrected chi connectivity index (χ2v) is 6.53. The molecule has 0 aromatic heterocycles. The lowest BCUT2D eigenvalue weighted by Crippen LogP contribution is -2.48. The smallest absolute Gasteiger partial charge is 0.251 e. The summed E-state index contributed by atoms with van der Waals surface area (Å²) in [5, 5.41) is 14.6. The Kier molecular flexibility index (Phi) is 5.65. The molecule has 1 atom stereocenters. The lowest BCUT2D eigenvalue weighted by Gasteiger charge is -2.19. The summed E-state index contributed by atoms with van der Waals surface area (Å²) in [5.41, 5.74) is 2.22. The molecule has 0 heterocycles. The maximum Gasteiger partial charge on any atom is 0.251 e. The zero-order valence-corrected chi connectivity index (χ0v) is 14.4. The van der Waals surface area contributed by atoms with Crippen molar-refractivity contribution in [3.63, 3.8) is 0 Å². The van der Waals surface area contributed by atoms with Gasteiger partial charge in [-0.15, -0.1) is 0 Å². The number of carbonyl (C=O) groups excluding carboxylic acids is 2. The topological polar surface area (TPSA) is 82.0 Å². The van der Waals surface area contributed by atoms with Gasteiger partial charge in [0.05, 0.1) is 12.5 Å². The molecular formula is C21H21N3O2. The molecule has 5 nitrogen and oxygen atoms in total. The van der Waals surface area contributed by atoms with Gasteiger partial charge >= 0.3 is 0 Å². The molecule has 2 amide bonds. The molecule has 1 saturated carbocycles. The highest BCUT2D eigenvalue weighted by Gasteiger charge is 2.28. The van der Waals surface area contributed by atoms with Crippen LogP contribution in [0.3, 0.4) is 0 Å². The molecule has 2 aromatic carbocycles. The SMILES string of the molecule is N#CCc1cccc(C(=O)N[C@H](Cc2ccccc2)C(=O)NC2CC2)c1. The van der Waals surface area contributed by atoms with Crippen molar-refractivity contribution in [2.24, 2.45) is 0 Å². The Bertz CT molecular complexity index is 823. The Hall–Kier alpha value is -3.13. The van der Waals surface area contributed by atoms with E-state index in [1.165, 1.54) is 0 Å². The molecule has 26 heavy (non-hydrogen) atoms. The Morgan fingerprint density at radius 2 is 1.81 bits per heavy atom. The van der Waals surface area contributed by atoms with Gasteiger partial charge < -0.3 is 10.6 Å². The van der Waals surface area contributed by atoms with Crippen LogP contribution in [0.15, 0.2) is 54.6 Å². The summed E-state index contributed by atoms with van der Waals surface area (Å²) in [6.07, 6.45) is 2.67. The van der Waals surface area contributed by atoms with E-state index in [1.54, 1.807) is 24.3 Å². The van der Waals surface area contributed by atoms with Gasteiger partial charge in [-0.2, -0.15) is 5.26 Å². The Labute approximate surface area is 153 Å². The van der Waals surface area contributed by atoms with E-state index in [0.29, 0.717) is 12.0 Å². The van der Waals surface area contributed by atoms with Crippen LogP contribution in [0.5, 0.6) is 0 Å². The van der Waals surface area contributed by atoms with Gasteiger partial charge in [0, 0.05) is 18.0 Å². The predicted molar refractivity (Wildman–Crippen MR) is 98.3 cm³/mol. The summed E-state index contributed by atoms with van der Waals surface area (Å²) < 4.78 is 0. The van der Waals surface area contributed by atoms with Gasteiger partial charge in [0.15, 0.2) is 0 Å². The van der Waals surface area contributed by atoms with Gasteiger partial charge in [-0.1, -0.05) is 42.5 Å². The fourth-order valence-electron chi connectivity index (χ4n) is 2.74. The first-order chi connectivity index (χ1) is 12.7. The van der Waals surface area contributed by atoms with Gasteiger partial charge in [-0.25, -0.2) is 0 Å². The Balaban J connectivity index is 1.73. The number of hydrogen-bond donors (Lipinski definition) is 2. The molecular weight excluding hydrogens is 326 g/mol. The molecule has 3 rings (SSSR count). The molecule has 1 fully saturated rings. The van der Waals surface area contributed by atoms with Crippen molar-refractivity contribution in [2.75, 3.05) is 0 Å². The third-order valence-electron chi connectivity index (χ3n) is 4.30. The second-order valence-electron chi connectivity index (χ2n) is 6.53. The van der Waals surface area contributed by atoms with Crippen molar-refractivity contribution in [3.8, 4) is 6.07 Å². The second kappa shape index (κ2) is 8.30. The van der Waals surface area contributed by atoms with Crippen LogP contribution >= 0.6 is 0 Å². The first-order valence-corrected chi connectivity index (χ1v) is 8.77. The van der Waals surface area contributed by atoms with Crippen molar-refractivity contribution in [1.29, 1.82) is 5.26 Å². The molecule has 0 spiro atoms. The monoisotopic (exact) mass is 347 g/mol. The van der Waals surface area contributed by atoms with E-state index < -0.39 is 6.04 Å². The van der Waals surface area contributed by atoms with Crippen molar-refractivity contribution in [2.45, 2.75) is 37.8 Å². The summed E-state index contributed by atoms with van der Waals surface area (Å²) in [5.74, 6) is -0.463. The standard InChI is InChI=1S/C21H21N3O2/c22-12-11-16-7-4-8-17(13-16)20(25)24-19(21(26)23-18-9-10-18)14-15-5-2-1-3-6-15/h1-8,13,18-19H,9-11,14H2,(H,23,26)(H,24,25)/t19-/m1/s1. The molecule has 132 valence electrons. The van der Waals surface area contributed by atoms with Crippen LogP contribution in [0.1, 0.15) is 34.3 Å². The molecule has 1 aliphatic carbocycles. The van der Waals surface area contributed by atoms with E-state index in [9.17, 15) is 9.59 Å². The maximum absolute atomic E-state index is 12.6. The van der Waals surface area contributed by atoms with Gasteiger partial charge in [0.2, 0.25) is 5.91 Å². The average Bonchev–Trinajstić information content (AvgIpc) is 3.46. The number of nitrogens with one attached hydrogen (secondary N) is 2. The molecule has 2 aromatic rings. The van der Waals surface area contributed by atoms with Crippen LogP contribution in [-0.2, 0) is 17.6 Å². The number of nitrogens with zero attached hydrogens (tertiary/aromatic N) is 1. The lowest BCUT2D eigenvalue weighted by atomic mass is 10.0. The quantitative estimate of drug-likeness (QED) is 0.807. The van der Waals surface area contributed by atoms with Crippen LogP contribution in [-0.4, -0.2) is 23.9 Å². The minimum atomic E-state index is -0.634. The van der Waals surface area contributed by atoms with Crippen molar-refractivity contribution >= 4 is 11.8 Å². The highest BCUT2D eigenvalue weighted by molar-refractivity contribution is 5.97. The van der Waals surface area contributed by atoms with Crippen LogP contribution in [0, 0.1) is 11.3 Å². The zero-order valence-electron chi connectivity index (χ0n) is 14.4. The van der Waals surface area contributed by atoms with Gasteiger partial charge in [-0.05, 0) is 36.1 Å². The number of carbonyl (C=O) groups is 2. The third-order valence-corrected chi connectivity index (χ3v) is 4.30. The predicted octanol–water partition coefficient (Wildman–Crippen LogP) is 2.37. The van der Waals surface area contributed by atoms with Gasteiger partial charge in [-0.3, -0.25) is 9.59 Å². The molecule has 2 N–H and O–H groups in total. The molecule has 1 aliphatic rings. The summed E-state index contributed by atoms with van der Waals surface area (Å²) >= 11 is 0. The van der Waals surface area contributed by atoms with Gasteiger partial charge in [0.1, 0.15) is 6.04 Å². The highest BCUT2D eigenvalue weighted by atomic mass is 16.2. The lowest BCUT2D eigenvalue weighted by molar-refractivity contribution is -0.123. The average molecular weight is 347 g/mol. The highest BCUT2D eigenvalue weighted by Crippen LogP contribution is 2.19. The van der Waals surface area contributed by atoms with Crippen LogP contribution < -0.4 is 10.6 Å². The van der Waals surface area contributed by atoms with Crippen molar-refractivity contribution in [1.82, 2.24) is 10.6 Å². The first kappa shape index (κ1) is 17.7. The van der Waals surface area contributed by atoms with E-state index in [0.717, 1.165) is 24.0 Å². The Morgan fingerprint density at radius 1 is 1.08 bits per heavy atom.